The number of rotatable bonds is 4. The highest BCUT2D eigenvalue weighted by Gasteiger charge is 2.38. The van der Waals surface area contributed by atoms with Crippen molar-refractivity contribution in [3.8, 4) is 0 Å². The number of halogens is 2. The fraction of sp³-hybridized carbons (Fsp3) is 0.615. The molecule has 106 valence electrons. The minimum atomic E-state index is -0.287. The SMILES string of the molecule is COC1C(Cl)=CC2=C(C(CCNC(C)=O)CN2)C1Cl. The first-order valence-corrected chi connectivity index (χ1v) is 7.12. The summed E-state index contributed by atoms with van der Waals surface area (Å²) in [4.78, 5) is 10.9. The van der Waals surface area contributed by atoms with E-state index in [1.165, 1.54) is 6.92 Å². The summed E-state index contributed by atoms with van der Waals surface area (Å²) in [7, 11) is 1.61. The van der Waals surface area contributed by atoms with E-state index in [0.717, 1.165) is 24.2 Å². The van der Waals surface area contributed by atoms with Gasteiger partial charge in [0.25, 0.3) is 0 Å². The highest BCUT2D eigenvalue weighted by atomic mass is 35.5. The molecule has 0 aromatic rings. The Labute approximate surface area is 123 Å². The zero-order valence-electron chi connectivity index (χ0n) is 11.0. The summed E-state index contributed by atoms with van der Waals surface area (Å²) in [5.74, 6) is 0.298. The molecular formula is C13H18Cl2N2O2. The lowest BCUT2D eigenvalue weighted by molar-refractivity contribution is -0.118. The fourth-order valence-corrected chi connectivity index (χ4v) is 3.53. The number of ether oxygens (including phenoxy) is 1. The smallest absolute Gasteiger partial charge is 0.216 e. The topological polar surface area (TPSA) is 50.4 Å². The molecule has 2 rings (SSSR count). The van der Waals surface area contributed by atoms with Crippen LogP contribution in [0.2, 0.25) is 0 Å². The van der Waals surface area contributed by atoms with E-state index in [2.05, 4.69) is 10.6 Å². The minimum Gasteiger partial charge on any atom is -0.384 e. The van der Waals surface area contributed by atoms with Crippen molar-refractivity contribution in [3.63, 3.8) is 0 Å². The summed E-state index contributed by atoms with van der Waals surface area (Å²) in [5, 5.41) is 6.50. The van der Waals surface area contributed by atoms with Gasteiger partial charge in [0.2, 0.25) is 5.91 Å². The average Bonchev–Trinajstić information content (AvgIpc) is 2.72. The molecule has 1 aliphatic carbocycles. The second kappa shape index (κ2) is 6.16. The summed E-state index contributed by atoms with van der Waals surface area (Å²) in [6.07, 6.45) is 2.46. The van der Waals surface area contributed by atoms with E-state index in [4.69, 9.17) is 27.9 Å². The van der Waals surface area contributed by atoms with E-state index in [1.54, 1.807) is 7.11 Å². The lowest BCUT2D eigenvalue weighted by atomic mass is 9.89. The normalized spacial score (nSPS) is 29.7. The molecule has 1 heterocycles. The van der Waals surface area contributed by atoms with Crippen molar-refractivity contribution in [2.24, 2.45) is 5.92 Å². The Bertz CT molecular complexity index is 434. The first kappa shape index (κ1) is 14.7. The zero-order chi connectivity index (χ0) is 14.0. The van der Waals surface area contributed by atoms with Crippen molar-refractivity contribution >= 4 is 29.1 Å². The Hall–Kier alpha value is -0.710. The molecular weight excluding hydrogens is 287 g/mol. The van der Waals surface area contributed by atoms with Gasteiger partial charge in [-0.1, -0.05) is 11.6 Å². The van der Waals surface area contributed by atoms with Gasteiger partial charge in [-0.3, -0.25) is 4.79 Å². The summed E-state index contributed by atoms with van der Waals surface area (Å²) >= 11 is 12.6. The molecule has 0 spiro atoms. The van der Waals surface area contributed by atoms with Gasteiger partial charge in [-0.2, -0.15) is 0 Å². The summed E-state index contributed by atoms with van der Waals surface area (Å²) in [5.41, 5.74) is 2.15. The standard InChI is InChI=1S/C13H18Cl2N2O2/c1-7(18)16-4-3-8-6-17-10-5-9(14)13(19-2)12(15)11(8)10/h5,8,12-13,17H,3-4,6H2,1-2H3,(H,16,18). The molecule has 0 bridgehead atoms. The Balaban J connectivity index is 2.08. The minimum absolute atomic E-state index is 0.0102. The average molecular weight is 305 g/mol. The highest BCUT2D eigenvalue weighted by Crippen LogP contribution is 2.39. The van der Waals surface area contributed by atoms with Crippen LogP contribution in [0.3, 0.4) is 0 Å². The molecule has 19 heavy (non-hydrogen) atoms. The van der Waals surface area contributed by atoms with E-state index in [-0.39, 0.29) is 17.4 Å². The molecule has 2 aliphatic rings. The Morgan fingerprint density at radius 2 is 2.37 bits per heavy atom. The number of nitrogens with one attached hydrogen (secondary N) is 2. The molecule has 3 atom stereocenters. The molecule has 0 aromatic heterocycles. The molecule has 0 saturated carbocycles. The Kier molecular flexibility index (Phi) is 4.76. The summed E-state index contributed by atoms with van der Waals surface area (Å²) in [6.45, 7) is 2.99. The van der Waals surface area contributed by atoms with Crippen LogP contribution >= 0.6 is 23.2 Å². The molecule has 0 fully saturated rings. The molecule has 1 aliphatic heterocycles. The monoisotopic (exact) mass is 304 g/mol. The third-order valence-electron chi connectivity index (χ3n) is 3.53. The maximum atomic E-state index is 10.9. The predicted octanol–water partition coefficient (Wildman–Crippen LogP) is 1.74. The number of carbonyl (C=O) groups is 1. The van der Waals surface area contributed by atoms with Crippen molar-refractivity contribution in [2.75, 3.05) is 20.2 Å². The van der Waals surface area contributed by atoms with Crippen LogP contribution in [-0.4, -0.2) is 37.6 Å². The van der Waals surface area contributed by atoms with Gasteiger partial charge in [0.15, 0.2) is 0 Å². The first-order chi connectivity index (χ1) is 9.04. The molecule has 2 N–H and O–H groups in total. The van der Waals surface area contributed by atoms with Crippen LogP contribution in [0.5, 0.6) is 0 Å². The molecule has 4 nitrogen and oxygen atoms in total. The molecule has 0 radical (unpaired) electrons. The number of hydrogen-bond acceptors (Lipinski definition) is 3. The van der Waals surface area contributed by atoms with Crippen LogP contribution in [0.1, 0.15) is 13.3 Å². The summed E-state index contributed by atoms with van der Waals surface area (Å²) in [6, 6.07) is 0. The fourth-order valence-electron chi connectivity index (χ4n) is 2.61. The highest BCUT2D eigenvalue weighted by molar-refractivity contribution is 6.32. The van der Waals surface area contributed by atoms with Gasteiger partial charge < -0.3 is 15.4 Å². The van der Waals surface area contributed by atoms with Gasteiger partial charge in [-0.25, -0.2) is 0 Å². The number of alkyl halides is 1. The predicted molar refractivity (Wildman–Crippen MR) is 76.2 cm³/mol. The van der Waals surface area contributed by atoms with E-state index >= 15 is 0 Å². The number of allylic oxidation sites excluding steroid dienone is 1. The molecule has 6 heteroatoms. The van der Waals surface area contributed by atoms with Gasteiger partial charge in [-0.15, -0.1) is 11.6 Å². The van der Waals surface area contributed by atoms with Crippen LogP contribution in [-0.2, 0) is 9.53 Å². The first-order valence-electron chi connectivity index (χ1n) is 6.31. The van der Waals surface area contributed by atoms with Crippen LogP contribution in [0.25, 0.3) is 0 Å². The summed E-state index contributed by atoms with van der Waals surface area (Å²) < 4.78 is 5.35. The van der Waals surface area contributed by atoms with Crippen molar-refractivity contribution in [3.05, 3.63) is 22.4 Å². The molecule has 1 amide bonds. The Morgan fingerprint density at radius 3 is 3.00 bits per heavy atom. The van der Waals surface area contributed by atoms with Gasteiger partial charge in [0, 0.05) is 38.7 Å². The van der Waals surface area contributed by atoms with Crippen molar-refractivity contribution in [1.82, 2.24) is 10.6 Å². The molecule has 3 unspecified atom stereocenters. The van der Waals surface area contributed by atoms with Crippen molar-refractivity contribution < 1.29 is 9.53 Å². The zero-order valence-corrected chi connectivity index (χ0v) is 12.5. The largest absolute Gasteiger partial charge is 0.384 e. The number of hydrogen-bond donors (Lipinski definition) is 2. The van der Waals surface area contributed by atoms with Crippen LogP contribution < -0.4 is 10.6 Å². The second-order valence-electron chi connectivity index (χ2n) is 4.81. The molecule has 0 saturated heterocycles. The number of carbonyl (C=O) groups excluding carboxylic acids is 1. The third kappa shape index (κ3) is 3.07. The lowest BCUT2D eigenvalue weighted by Gasteiger charge is -2.28. The van der Waals surface area contributed by atoms with Gasteiger partial charge in [-0.05, 0) is 18.1 Å². The quantitative estimate of drug-likeness (QED) is 0.778. The maximum Gasteiger partial charge on any atom is 0.216 e. The molecule has 0 aromatic carbocycles. The number of amides is 1. The van der Waals surface area contributed by atoms with Crippen molar-refractivity contribution in [2.45, 2.75) is 24.8 Å². The van der Waals surface area contributed by atoms with Gasteiger partial charge in [0.1, 0.15) is 6.10 Å². The van der Waals surface area contributed by atoms with Gasteiger partial charge in [0.05, 0.1) is 10.4 Å². The van der Waals surface area contributed by atoms with Crippen molar-refractivity contribution in [1.29, 1.82) is 0 Å². The van der Waals surface area contributed by atoms with E-state index in [9.17, 15) is 4.79 Å². The van der Waals surface area contributed by atoms with Crippen LogP contribution in [0.15, 0.2) is 22.4 Å². The Morgan fingerprint density at radius 1 is 1.63 bits per heavy atom. The number of methoxy groups -OCH3 is 1. The maximum absolute atomic E-state index is 10.9. The van der Waals surface area contributed by atoms with Gasteiger partial charge >= 0.3 is 0 Å². The second-order valence-corrected chi connectivity index (χ2v) is 5.71. The van der Waals surface area contributed by atoms with E-state index in [1.807, 2.05) is 6.08 Å². The van der Waals surface area contributed by atoms with E-state index < -0.39 is 0 Å². The van der Waals surface area contributed by atoms with Crippen LogP contribution in [0.4, 0.5) is 0 Å². The lowest BCUT2D eigenvalue weighted by Crippen LogP contribution is -2.32. The third-order valence-corrected chi connectivity index (χ3v) is 4.32. The van der Waals surface area contributed by atoms with E-state index in [0.29, 0.717) is 17.5 Å². The van der Waals surface area contributed by atoms with Crippen LogP contribution in [0, 0.1) is 5.92 Å².